The predicted octanol–water partition coefficient (Wildman–Crippen LogP) is 4.45. The van der Waals surface area contributed by atoms with Crippen LogP contribution in [0.2, 0.25) is 0 Å². The standard InChI is InChI=1S/C27H33N3O3/c1-20(2)17-30(18-22-11-13-23(14-12-22)24-10-6-7-15-28-24)19-26(31)25(29-27(32)33)16-21-8-4-3-5-9-21/h3-15,20,25-26,29,31H,16-19H2,1-2H3,(H,32,33)/t25-,26+/m0/s1. The third-order valence-corrected chi connectivity index (χ3v) is 5.46. The van der Waals surface area contributed by atoms with Crippen molar-refractivity contribution in [2.45, 2.75) is 39.0 Å². The zero-order chi connectivity index (χ0) is 23.6. The van der Waals surface area contributed by atoms with Gasteiger partial charge in [0.25, 0.3) is 0 Å². The van der Waals surface area contributed by atoms with Crippen LogP contribution in [0.4, 0.5) is 4.79 Å². The molecule has 0 aliphatic carbocycles. The Morgan fingerprint density at radius 1 is 0.939 bits per heavy atom. The summed E-state index contributed by atoms with van der Waals surface area (Å²) in [5.41, 5.74) is 4.11. The van der Waals surface area contributed by atoms with E-state index < -0.39 is 18.2 Å². The summed E-state index contributed by atoms with van der Waals surface area (Å²) in [6.45, 7) is 6.12. The van der Waals surface area contributed by atoms with Gasteiger partial charge in [-0.15, -0.1) is 0 Å². The highest BCUT2D eigenvalue weighted by atomic mass is 16.4. The number of pyridine rings is 1. The molecule has 6 nitrogen and oxygen atoms in total. The largest absolute Gasteiger partial charge is 0.465 e. The van der Waals surface area contributed by atoms with Gasteiger partial charge in [0.15, 0.2) is 0 Å². The van der Waals surface area contributed by atoms with Gasteiger partial charge in [0.1, 0.15) is 0 Å². The van der Waals surface area contributed by atoms with Crippen LogP contribution >= 0.6 is 0 Å². The first-order chi connectivity index (χ1) is 15.9. The molecular formula is C27H33N3O3. The number of aliphatic hydroxyl groups excluding tert-OH is 1. The zero-order valence-electron chi connectivity index (χ0n) is 19.3. The van der Waals surface area contributed by atoms with Crippen molar-refractivity contribution >= 4 is 6.09 Å². The molecule has 2 aromatic carbocycles. The minimum atomic E-state index is -1.13. The first-order valence-corrected chi connectivity index (χ1v) is 11.3. The fourth-order valence-corrected chi connectivity index (χ4v) is 3.99. The van der Waals surface area contributed by atoms with Gasteiger partial charge in [-0.05, 0) is 35.6 Å². The van der Waals surface area contributed by atoms with Gasteiger partial charge < -0.3 is 15.5 Å². The van der Waals surface area contributed by atoms with Crippen LogP contribution in [0.5, 0.6) is 0 Å². The molecule has 0 radical (unpaired) electrons. The molecule has 0 spiro atoms. The van der Waals surface area contributed by atoms with Crippen molar-refractivity contribution in [2.75, 3.05) is 13.1 Å². The lowest BCUT2D eigenvalue weighted by atomic mass is 10.00. The Morgan fingerprint density at radius 2 is 1.64 bits per heavy atom. The number of carboxylic acid groups (broad SMARTS) is 1. The lowest BCUT2D eigenvalue weighted by Gasteiger charge is -2.30. The van der Waals surface area contributed by atoms with E-state index >= 15 is 0 Å². The van der Waals surface area contributed by atoms with Gasteiger partial charge in [0, 0.05) is 31.4 Å². The average Bonchev–Trinajstić information content (AvgIpc) is 2.79. The summed E-state index contributed by atoms with van der Waals surface area (Å²) >= 11 is 0. The third-order valence-electron chi connectivity index (χ3n) is 5.46. The van der Waals surface area contributed by atoms with Gasteiger partial charge >= 0.3 is 6.09 Å². The van der Waals surface area contributed by atoms with Crippen molar-refractivity contribution in [3.63, 3.8) is 0 Å². The van der Waals surface area contributed by atoms with Crippen LogP contribution in [0.1, 0.15) is 25.0 Å². The molecule has 1 aromatic heterocycles. The molecule has 0 unspecified atom stereocenters. The summed E-state index contributed by atoms with van der Waals surface area (Å²) < 4.78 is 0. The van der Waals surface area contributed by atoms with Crippen LogP contribution < -0.4 is 5.32 Å². The molecule has 3 rings (SSSR count). The fourth-order valence-electron chi connectivity index (χ4n) is 3.99. The number of aromatic nitrogens is 1. The monoisotopic (exact) mass is 447 g/mol. The van der Waals surface area contributed by atoms with E-state index in [0.717, 1.165) is 28.9 Å². The minimum Gasteiger partial charge on any atom is -0.465 e. The number of aliphatic hydroxyl groups is 1. The second-order valence-electron chi connectivity index (χ2n) is 8.81. The second kappa shape index (κ2) is 12.1. The van der Waals surface area contributed by atoms with Crippen molar-refractivity contribution in [2.24, 2.45) is 5.92 Å². The van der Waals surface area contributed by atoms with Crippen molar-refractivity contribution in [1.29, 1.82) is 0 Å². The minimum absolute atomic E-state index is 0.373. The van der Waals surface area contributed by atoms with E-state index in [4.69, 9.17) is 0 Å². The molecule has 0 bridgehead atoms. The Bertz CT molecular complexity index is 979. The molecule has 6 heteroatoms. The number of amides is 1. The zero-order valence-corrected chi connectivity index (χ0v) is 19.3. The van der Waals surface area contributed by atoms with E-state index in [9.17, 15) is 15.0 Å². The van der Waals surface area contributed by atoms with Gasteiger partial charge in [-0.1, -0.05) is 74.5 Å². The third kappa shape index (κ3) is 8.00. The highest BCUT2D eigenvalue weighted by Gasteiger charge is 2.24. The molecule has 0 fully saturated rings. The molecule has 2 atom stereocenters. The van der Waals surface area contributed by atoms with Crippen molar-refractivity contribution in [3.8, 4) is 11.3 Å². The first-order valence-electron chi connectivity index (χ1n) is 11.3. The van der Waals surface area contributed by atoms with Crippen LogP contribution in [0.25, 0.3) is 11.3 Å². The smallest absolute Gasteiger partial charge is 0.404 e. The van der Waals surface area contributed by atoms with E-state index in [1.807, 2.05) is 48.5 Å². The van der Waals surface area contributed by atoms with Gasteiger partial charge in [0.05, 0.1) is 17.8 Å². The molecule has 0 saturated heterocycles. The Morgan fingerprint density at radius 3 is 2.24 bits per heavy atom. The summed E-state index contributed by atoms with van der Waals surface area (Å²) in [4.78, 5) is 18.0. The topological polar surface area (TPSA) is 85.7 Å². The van der Waals surface area contributed by atoms with E-state index in [0.29, 0.717) is 25.4 Å². The second-order valence-corrected chi connectivity index (χ2v) is 8.81. The van der Waals surface area contributed by atoms with Gasteiger partial charge in [-0.25, -0.2) is 4.79 Å². The Kier molecular flexibility index (Phi) is 8.98. The van der Waals surface area contributed by atoms with E-state index in [-0.39, 0.29) is 0 Å². The number of nitrogens with zero attached hydrogens (tertiary/aromatic N) is 2. The Hall–Kier alpha value is -3.22. The summed E-state index contributed by atoms with van der Waals surface area (Å²) in [5.74, 6) is 0.407. The van der Waals surface area contributed by atoms with Crippen molar-refractivity contribution in [1.82, 2.24) is 15.2 Å². The average molecular weight is 448 g/mol. The number of hydrogen-bond donors (Lipinski definition) is 3. The number of benzene rings is 2. The molecule has 174 valence electrons. The normalized spacial score (nSPS) is 13.1. The Labute approximate surface area is 195 Å². The molecule has 0 aliphatic rings. The number of nitrogens with one attached hydrogen (secondary N) is 1. The van der Waals surface area contributed by atoms with Gasteiger partial charge in [-0.3, -0.25) is 9.88 Å². The first kappa shape index (κ1) is 24.4. The maximum atomic E-state index is 11.4. The molecule has 0 saturated carbocycles. The van der Waals surface area contributed by atoms with Crippen molar-refractivity contribution < 1.29 is 15.0 Å². The van der Waals surface area contributed by atoms with Crippen LogP contribution in [-0.2, 0) is 13.0 Å². The summed E-state index contributed by atoms with van der Waals surface area (Å²) in [6, 6.07) is 23.2. The lowest BCUT2D eigenvalue weighted by molar-refractivity contribution is 0.0698. The van der Waals surface area contributed by atoms with Crippen LogP contribution in [0, 0.1) is 5.92 Å². The van der Waals surface area contributed by atoms with Crippen LogP contribution in [-0.4, -0.2) is 51.4 Å². The van der Waals surface area contributed by atoms with E-state index in [1.54, 1.807) is 6.20 Å². The quantitative estimate of drug-likeness (QED) is 0.404. The number of carbonyl (C=O) groups is 1. The maximum Gasteiger partial charge on any atom is 0.404 e. The summed E-state index contributed by atoms with van der Waals surface area (Å²) in [6.07, 6.45) is 0.248. The maximum absolute atomic E-state index is 11.4. The lowest BCUT2D eigenvalue weighted by Crippen LogP contribution is -2.49. The summed E-state index contributed by atoms with van der Waals surface area (Å²) in [5, 5.41) is 22.8. The number of rotatable bonds is 11. The van der Waals surface area contributed by atoms with Gasteiger partial charge in [0.2, 0.25) is 0 Å². The van der Waals surface area contributed by atoms with Crippen LogP contribution in [0.15, 0.2) is 79.0 Å². The molecule has 1 amide bonds. The predicted molar refractivity (Wildman–Crippen MR) is 131 cm³/mol. The number of hydrogen-bond acceptors (Lipinski definition) is 4. The molecule has 33 heavy (non-hydrogen) atoms. The van der Waals surface area contributed by atoms with Crippen molar-refractivity contribution in [3.05, 3.63) is 90.1 Å². The highest BCUT2D eigenvalue weighted by molar-refractivity contribution is 5.65. The fraction of sp³-hybridized carbons (Fsp3) is 0.333. The molecule has 3 aromatic rings. The van der Waals surface area contributed by atoms with E-state index in [1.165, 1.54) is 0 Å². The highest BCUT2D eigenvalue weighted by Crippen LogP contribution is 2.18. The van der Waals surface area contributed by atoms with E-state index in [2.05, 4.69) is 53.3 Å². The molecule has 1 heterocycles. The summed E-state index contributed by atoms with van der Waals surface area (Å²) in [7, 11) is 0. The Balaban J connectivity index is 1.69. The molecular weight excluding hydrogens is 414 g/mol. The molecule has 0 aliphatic heterocycles. The van der Waals surface area contributed by atoms with Gasteiger partial charge in [-0.2, -0.15) is 0 Å². The SMILES string of the molecule is CC(C)CN(Cc1ccc(-c2ccccn2)cc1)C[C@@H](O)[C@H](Cc1ccccc1)NC(=O)O. The molecule has 3 N–H and O–H groups in total. The van der Waals surface area contributed by atoms with Crippen LogP contribution in [0.3, 0.4) is 0 Å².